The average Bonchev–Trinajstić information content (AvgIpc) is 3.24. The van der Waals surface area contributed by atoms with Crippen LogP contribution in [-0.4, -0.2) is 55.6 Å². The fourth-order valence-electron chi connectivity index (χ4n) is 3.32. The van der Waals surface area contributed by atoms with Gasteiger partial charge in [-0.2, -0.15) is 5.10 Å². The van der Waals surface area contributed by atoms with Crippen LogP contribution in [0, 0.1) is 12.8 Å². The van der Waals surface area contributed by atoms with Crippen LogP contribution in [0.3, 0.4) is 0 Å². The quantitative estimate of drug-likeness (QED) is 0.790. The lowest BCUT2D eigenvalue weighted by Crippen LogP contribution is -2.28. The minimum atomic E-state index is -3.58. The van der Waals surface area contributed by atoms with E-state index in [1.807, 2.05) is 13.2 Å². The van der Waals surface area contributed by atoms with E-state index in [2.05, 4.69) is 15.7 Å². The van der Waals surface area contributed by atoms with E-state index in [0.717, 1.165) is 5.56 Å². The van der Waals surface area contributed by atoms with Crippen LogP contribution < -0.4 is 10.6 Å². The Hall–Kier alpha value is -2.23. The van der Waals surface area contributed by atoms with Gasteiger partial charge in [0.15, 0.2) is 0 Å². The lowest BCUT2D eigenvalue weighted by molar-refractivity contribution is -0.119. The number of carbonyl (C=O) groups excluding carboxylic acids is 1. The number of aromatic nitrogens is 2. The molecule has 0 aliphatic carbocycles. The van der Waals surface area contributed by atoms with Crippen molar-refractivity contribution in [3.63, 3.8) is 0 Å². The molecular weight excluding hydrogens is 366 g/mol. The SMILES string of the molecule is Cc1ccc(NC(=O)[C@H]2CNC[C@@H]2c2cnn(C)c2)cc1S(=O)(=O)N(C)C. The number of hydrogen-bond donors (Lipinski definition) is 2. The Morgan fingerprint density at radius 2 is 2.07 bits per heavy atom. The third-order valence-electron chi connectivity index (χ3n) is 4.92. The highest BCUT2D eigenvalue weighted by Crippen LogP contribution is 2.29. The number of nitrogens with zero attached hydrogens (tertiary/aromatic N) is 3. The van der Waals surface area contributed by atoms with Crippen molar-refractivity contribution in [3.05, 3.63) is 41.7 Å². The molecule has 1 saturated heterocycles. The summed E-state index contributed by atoms with van der Waals surface area (Å²) in [4.78, 5) is 13.0. The second kappa shape index (κ2) is 7.41. The average molecular weight is 391 g/mol. The van der Waals surface area contributed by atoms with E-state index < -0.39 is 10.0 Å². The molecule has 2 N–H and O–H groups in total. The summed E-state index contributed by atoms with van der Waals surface area (Å²) in [6.07, 6.45) is 3.71. The normalized spacial score (nSPS) is 20.2. The summed E-state index contributed by atoms with van der Waals surface area (Å²) in [6, 6.07) is 4.95. The van der Waals surface area contributed by atoms with E-state index in [4.69, 9.17) is 0 Å². The number of carbonyl (C=O) groups is 1. The zero-order chi connectivity index (χ0) is 19.8. The minimum Gasteiger partial charge on any atom is -0.326 e. The maximum Gasteiger partial charge on any atom is 0.242 e. The molecule has 0 bridgehead atoms. The number of sulfonamides is 1. The molecule has 1 aromatic heterocycles. The van der Waals surface area contributed by atoms with E-state index in [0.29, 0.717) is 24.3 Å². The maximum absolute atomic E-state index is 12.8. The van der Waals surface area contributed by atoms with Crippen molar-refractivity contribution < 1.29 is 13.2 Å². The molecule has 1 amide bonds. The maximum atomic E-state index is 12.8. The van der Waals surface area contributed by atoms with Crippen LogP contribution in [0.5, 0.6) is 0 Å². The third kappa shape index (κ3) is 3.90. The molecule has 2 aromatic rings. The topological polar surface area (TPSA) is 96.3 Å². The first-order valence-electron chi connectivity index (χ1n) is 8.73. The third-order valence-corrected chi connectivity index (χ3v) is 6.88. The van der Waals surface area contributed by atoms with Crippen molar-refractivity contribution in [2.24, 2.45) is 13.0 Å². The molecule has 8 nitrogen and oxygen atoms in total. The van der Waals surface area contributed by atoms with Crippen molar-refractivity contribution in [1.29, 1.82) is 0 Å². The molecule has 1 aliphatic rings. The summed E-state index contributed by atoms with van der Waals surface area (Å²) < 4.78 is 27.9. The van der Waals surface area contributed by atoms with Gasteiger partial charge in [-0.3, -0.25) is 9.48 Å². The minimum absolute atomic E-state index is 0.0362. The van der Waals surface area contributed by atoms with Gasteiger partial charge in [-0.25, -0.2) is 12.7 Å². The molecule has 146 valence electrons. The zero-order valence-corrected chi connectivity index (χ0v) is 16.7. The summed E-state index contributed by atoms with van der Waals surface area (Å²) in [5.74, 6) is -0.343. The van der Waals surface area contributed by atoms with Crippen molar-refractivity contribution >= 4 is 21.6 Å². The van der Waals surface area contributed by atoms with Gasteiger partial charge >= 0.3 is 0 Å². The highest BCUT2D eigenvalue weighted by molar-refractivity contribution is 7.89. The van der Waals surface area contributed by atoms with Crippen LogP contribution in [0.1, 0.15) is 17.0 Å². The van der Waals surface area contributed by atoms with Gasteiger partial charge in [0.25, 0.3) is 0 Å². The van der Waals surface area contributed by atoms with Crippen LogP contribution in [0.25, 0.3) is 0 Å². The van der Waals surface area contributed by atoms with E-state index >= 15 is 0 Å². The van der Waals surface area contributed by atoms with Crippen molar-refractivity contribution in [2.45, 2.75) is 17.7 Å². The van der Waals surface area contributed by atoms with Crippen LogP contribution in [0.15, 0.2) is 35.5 Å². The second-order valence-corrected chi connectivity index (χ2v) is 9.20. The van der Waals surface area contributed by atoms with Gasteiger partial charge in [-0.05, 0) is 30.2 Å². The Balaban J connectivity index is 1.82. The standard InChI is InChI=1S/C18H25N5O3S/c1-12-5-6-14(7-17(12)27(25,26)22(2)3)21-18(24)16-10-19-9-15(16)13-8-20-23(4)11-13/h5-8,11,15-16,19H,9-10H2,1-4H3,(H,21,24)/t15-,16+/m1/s1. The molecule has 2 atom stereocenters. The van der Waals surface area contributed by atoms with Gasteiger partial charge < -0.3 is 10.6 Å². The smallest absolute Gasteiger partial charge is 0.242 e. The van der Waals surface area contributed by atoms with Gasteiger partial charge in [-0.15, -0.1) is 0 Å². The molecule has 1 aliphatic heterocycles. The van der Waals surface area contributed by atoms with Gasteiger partial charge in [0.05, 0.1) is 17.0 Å². The highest BCUT2D eigenvalue weighted by Gasteiger charge is 2.35. The van der Waals surface area contributed by atoms with Crippen molar-refractivity contribution in [3.8, 4) is 0 Å². The van der Waals surface area contributed by atoms with Gasteiger partial charge in [-0.1, -0.05) is 6.07 Å². The van der Waals surface area contributed by atoms with E-state index in [9.17, 15) is 13.2 Å². The molecule has 1 aromatic carbocycles. The van der Waals surface area contributed by atoms with Crippen molar-refractivity contribution in [2.75, 3.05) is 32.5 Å². The second-order valence-electron chi connectivity index (χ2n) is 7.08. The Kier molecular flexibility index (Phi) is 5.36. The molecule has 9 heteroatoms. The summed E-state index contributed by atoms with van der Waals surface area (Å²) in [5, 5.41) is 10.3. The molecule has 3 rings (SSSR count). The molecular formula is C18H25N5O3S. The van der Waals surface area contributed by atoms with Gasteiger partial charge in [0.2, 0.25) is 15.9 Å². The van der Waals surface area contributed by atoms with Crippen LogP contribution in [0.2, 0.25) is 0 Å². The first kappa shape index (κ1) is 19.5. The molecule has 2 heterocycles. The number of benzene rings is 1. The summed E-state index contributed by atoms with van der Waals surface area (Å²) in [6.45, 7) is 3.01. The Morgan fingerprint density at radius 1 is 1.33 bits per heavy atom. The Bertz CT molecular complexity index is 952. The van der Waals surface area contributed by atoms with E-state index in [-0.39, 0.29) is 22.6 Å². The van der Waals surface area contributed by atoms with E-state index in [1.54, 1.807) is 29.9 Å². The monoisotopic (exact) mass is 391 g/mol. The zero-order valence-electron chi connectivity index (χ0n) is 15.9. The number of hydrogen-bond acceptors (Lipinski definition) is 5. The predicted molar refractivity (Wildman–Crippen MR) is 103 cm³/mol. The largest absolute Gasteiger partial charge is 0.326 e. The van der Waals surface area contributed by atoms with E-state index in [1.165, 1.54) is 24.5 Å². The molecule has 0 spiro atoms. The van der Waals surface area contributed by atoms with Crippen LogP contribution in [-0.2, 0) is 21.9 Å². The summed E-state index contributed by atoms with van der Waals surface area (Å²) >= 11 is 0. The summed E-state index contributed by atoms with van der Waals surface area (Å²) in [7, 11) is 1.25. The summed E-state index contributed by atoms with van der Waals surface area (Å²) in [5.41, 5.74) is 2.13. The number of rotatable bonds is 5. The number of anilines is 1. The van der Waals surface area contributed by atoms with Gasteiger partial charge in [0, 0.05) is 52.0 Å². The number of amides is 1. The molecule has 0 radical (unpaired) electrons. The fourth-order valence-corrected chi connectivity index (χ4v) is 4.47. The fraction of sp³-hybridized carbons (Fsp3) is 0.444. The van der Waals surface area contributed by atoms with Gasteiger partial charge in [0.1, 0.15) is 0 Å². The van der Waals surface area contributed by atoms with Crippen LogP contribution >= 0.6 is 0 Å². The highest BCUT2D eigenvalue weighted by atomic mass is 32.2. The first-order chi connectivity index (χ1) is 12.7. The molecule has 1 fully saturated rings. The first-order valence-corrected chi connectivity index (χ1v) is 10.2. The lowest BCUT2D eigenvalue weighted by atomic mass is 9.90. The lowest BCUT2D eigenvalue weighted by Gasteiger charge is -2.18. The number of aryl methyl sites for hydroxylation is 2. The molecule has 0 saturated carbocycles. The van der Waals surface area contributed by atoms with Crippen molar-refractivity contribution in [1.82, 2.24) is 19.4 Å². The van der Waals surface area contributed by atoms with Crippen LogP contribution in [0.4, 0.5) is 5.69 Å². The predicted octanol–water partition coefficient (Wildman–Crippen LogP) is 0.921. The Labute approximate surface area is 159 Å². The number of nitrogens with one attached hydrogen (secondary N) is 2. The molecule has 27 heavy (non-hydrogen) atoms. The Morgan fingerprint density at radius 3 is 2.70 bits per heavy atom. The molecule has 0 unspecified atom stereocenters.